The van der Waals surface area contributed by atoms with Crippen LogP contribution >= 0.6 is 0 Å². The average molecular weight is 422 g/mol. The number of aromatic carboxylic acids is 1. The maximum Gasteiger partial charge on any atom is 0.336 e. The summed E-state index contributed by atoms with van der Waals surface area (Å²) in [5.41, 5.74) is 0.0436. The van der Waals surface area contributed by atoms with Crippen molar-refractivity contribution in [3.05, 3.63) is 35.4 Å². The zero-order valence-electron chi connectivity index (χ0n) is 18.0. The summed E-state index contributed by atoms with van der Waals surface area (Å²) in [6, 6.07) is 6.01. The van der Waals surface area contributed by atoms with Crippen LogP contribution in [0.5, 0.6) is 0 Å². The predicted octanol–water partition coefficient (Wildman–Crippen LogP) is 2.09. The molecule has 2 amide bonds. The molecule has 0 radical (unpaired) electrons. The van der Waals surface area contributed by atoms with E-state index in [1.807, 2.05) is 0 Å². The average Bonchev–Trinajstić information content (AvgIpc) is 2.71. The fraction of sp³-hybridized carbons (Fsp3) is 0.591. The Morgan fingerprint density at radius 3 is 2.20 bits per heavy atom. The van der Waals surface area contributed by atoms with Gasteiger partial charge in [0.2, 0.25) is 5.91 Å². The summed E-state index contributed by atoms with van der Waals surface area (Å²) >= 11 is 0. The number of amides is 2. The van der Waals surface area contributed by atoms with Gasteiger partial charge in [-0.1, -0.05) is 45.2 Å². The van der Waals surface area contributed by atoms with Crippen LogP contribution in [0, 0.1) is 5.92 Å². The molecule has 0 bridgehead atoms. The van der Waals surface area contributed by atoms with Gasteiger partial charge in [-0.25, -0.2) is 4.79 Å². The number of benzene rings is 1. The van der Waals surface area contributed by atoms with Crippen LogP contribution in [-0.4, -0.2) is 65.8 Å². The largest absolute Gasteiger partial charge is 0.478 e. The van der Waals surface area contributed by atoms with Crippen molar-refractivity contribution in [2.75, 3.05) is 32.9 Å². The van der Waals surface area contributed by atoms with E-state index in [4.69, 9.17) is 5.11 Å². The minimum atomic E-state index is -1.16. The lowest BCUT2D eigenvalue weighted by atomic mass is 10.0. The van der Waals surface area contributed by atoms with E-state index in [1.165, 1.54) is 18.6 Å². The van der Waals surface area contributed by atoms with E-state index in [2.05, 4.69) is 24.5 Å². The minimum Gasteiger partial charge on any atom is -0.478 e. The molecule has 0 saturated carbocycles. The second kappa shape index (κ2) is 14.5. The Bertz CT molecular complexity index is 678. The number of nitrogens with one attached hydrogen (secondary N) is 2. The first-order valence-corrected chi connectivity index (χ1v) is 10.6. The van der Waals surface area contributed by atoms with Gasteiger partial charge in [-0.3, -0.25) is 14.5 Å². The third kappa shape index (κ3) is 10.4. The Labute approximate surface area is 178 Å². The summed E-state index contributed by atoms with van der Waals surface area (Å²) in [6.45, 7) is 5.69. The first-order valence-electron chi connectivity index (χ1n) is 10.6. The second-order valence-electron chi connectivity index (χ2n) is 7.71. The quantitative estimate of drug-likeness (QED) is 0.254. The molecule has 8 heteroatoms. The molecule has 0 aliphatic heterocycles. The topological polar surface area (TPSA) is 119 Å². The third-order valence-electron chi connectivity index (χ3n) is 4.75. The van der Waals surface area contributed by atoms with Crippen LogP contribution in [0.15, 0.2) is 24.3 Å². The molecule has 30 heavy (non-hydrogen) atoms. The van der Waals surface area contributed by atoms with Crippen LogP contribution in [0.1, 0.15) is 66.7 Å². The molecule has 0 saturated heterocycles. The van der Waals surface area contributed by atoms with Crippen LogP contribution in [0.4, 0.5) is 0 Å². The SMILES string of the molecule is CC(C)CCCCCC(=O)NCCN(CO)CCNC(=O)c1ccccc1C(=O)O. The zero-order valence-corrected chi connectivity index (χ0v) is 18.0. The summed E-state index contributed by atoms with van der Waals surface area (Å²) in [6.07, 6.45) is 4.78. The lowest BCUT2D eigenvalue weighted by molar-refractivity contribution is -0.121. The van der Waals surface area contributed by atoms with E-state index in [-0.39, 0.29) is 30.3 Å². The fourth-order valence-electron chi connectivity index (χ4n) is 3.00. The molecular formula is C22H35N3O5. The highest BCUT2D eigenvalue weighted by atomic mass is 16.4. The maximum atomic E-state index is 12.2. The molecule has 0 aromatic heterocycles. The molecule has 8 nitrogen and oxygen atoms in total. The number of rotatable bonds is 15. The van der Waals surface area contributed by atoms with E-state index in [0.717, 1.165) is 19.3 Å². The number of carboxylic acids is 1. The molecule has 4 N–H and O–H groups in total. The van der Waals surface area contributed by atoms with Gasteiger partial charge in [0.1, 0.15) is 0 Å². The van der Waals surface area contributed by atoms with Gasteiger partial charge in [0.05, 0.1) is 17.9 Å². The van der Waals surface area contributed by atoms with E-state index in [9.17, 15) is 19.5 Å². The summed E-state index contributed by atoms with van der Waals surface area (Å²) in [5.74, 6) is -0.930. The van der Waals surface area contributed by atoms with Gasteiger partial charge >= 0.3 is 5.97 Å². The van der Waals surface area contributed by atoms with E-state index in [1.54, 1.807) is 17.0 Å². The van der Waals surface area contributed by atoms with Crippen LogP contribution in [0.2, 0.25) is 0 Å². The number of carbonyl (C=O) groups is 3. The Morgan fingerprint density at radius 2 is 1.60 bits per heavy atom. The summed E-state index contributed by atoms with van der Waals surface area (Å²) in [4.78, 5) is 37.0. The van der Waals surface area contributed by atoms with Crippen LogP contribution in [-0.2, 0) is 4.79 Å². The number of hydrogen-bond acceptors (Lipinski definition) is 5. The number of hydrogen-bond donors (Lipinski definition) is 4. The predicted molar refractivity (Wildman–Crippen MR) is 115 cm³/mol. The normalized spacial score (nSPS) is 11.0. The van der Waals surface area contributed by atoms with E-state index in [0.29, 0.717) is 32.0 Å². The molecular weight excluding hydrogens is 386 g/mol. The fourth-order valence-corrected chi connectivity index (χ4v) is 3.00. The van der Waals surface area contributed by atoms with Gasteiger partial charge in [0.15, 0.2) is 0 Å². The number of aliphatic hydroxyl groups excluding tert-OH is 1. The zero-order chi connectivity index (χ0) is 22.4. The number of carbonyl (C=O) groups excluding carboxylic acids is 2. The smallest absolute Gasteiger partial charge is 0.336 e. The number of aliphatic hydroxyl groups is 1. The van der Waals surface area contributed by atoms with Gasteiger partial charge in [-0.15, -0.1) is 0 Å². The van der Waals surface area contributed by atoms with E-state index >= 15 is 0 Å². The number of nitrogens with zero attached hydrogens (tertiary/aromatic N) is 1. The summed E-state index contributed by atoms with van der Waals surface area (Å²) in [7, 11) is 0. The molecule has 1 aromatic rings. The first kappa shape index (κ1) is 25.6. The van der Waals surface area contributed by atoms with Crippen molar-refractivity contribution in [1.29, 1.82) is 0 Å². The lowest BCUT2D eigenvalue weighted by Gasteiger charge is -2.20. The standard InChI is InChI=1S/C22H35N3O5/c1-17(2)8-4-3-5-11-20(27)23-12-14-25(16-26)15-13-24-21(28)18-9-6-7-10-19(18)22(29)30/h6-7,9-10,17,26H,3-5,8,11-16H2,1-2H3,(H,23,27)(H,24,28)(H,29,30). The molecule has 0 atom stereocenters. The summed E-state index contributed by atoms with van der Waals surface area (Å²) < 4.78 is 0. The Morgan fingerprint density at radius 1 is 0.967 bits per heavy atom. The molecule has 0 heterocycles. The molecule has 0 aliphatic carbocycles. The maximum absolute atomic E-state index is 12.2. The van der Waals surface area contributed by atoms with Crippen molar-refractivity contribution in [3.8, 4) is 0 Å². The van der Waals surface area contributed by atoms with Crippen LogP contribution in [0.3, 0.4) is 0 Å². The van der Waals surface area contributed by atoms with Gasteiger partial charge < -0.3 is 20.8 Å². The van der Waals surface area contributed by atoms with Crippen molar-refractivity contribution in [3.63, 3.8) is 0 Å². The highest BCUT2D eigenvalue weighted by molar-refractivity contribution is 6.04. The van der Waals surface area contributed by atoms with Gasteiger partial charge in [-0.05, 0) is 24.5 Å². The summed E-state index contributed by atoms with van der Waals surface area (Å²) in [5, 5.41) is 24.1. The van der Waals surface area contributed by atoms with Gasteiger partial charge in [-0.2, -0.15) is 0 Å². The highest BCUT2D eigenvalue weighted by Crippen LogP contribution is 2.09. The first-order chi connectivity index (χ1) is 14.3. The molecule has 0 unspecified atom stereocenters. The van der Waals surface area contributed by atoms with Gasteiger partial charge in [0.25, 0.3) is 5.91 Å². The van der Waals surface area contributed by atoms with Gasteiger partial charge in [0, 0.05) is 32.6 Å². The molecule has 1 rings (SSSR count). The molecule has 1 aromatic carbocycles. The number of carboxylic acid groups (broad SMARTS) is 1. The molecule has 0 aliphatic rings. The molecule has 0 fully saturated rings. The van der Waals surface area contributed by atoms with Crippen molar-refractivity contribution in [2.24, 2.45) is 5.92 Å². The Hall–Kier alpha value is -2.45. The minimum absolute atomic E-state index is 0.0102. The van der Waals surface area contributed by atoms with Crippen LogP contribution < -0.4 is 10.6 Å². The lowest BCUT2D eigenvalue weighted by Crippen LogP contribution is -2.40. The Balaban J connectivity index is 2.25. The monoisotopic (exact) mass is 421 g/mol. The van der Waals surface area contributed by atoms with Crippen molar-refractivity contribution in [1.82, 2.24) is 15.5 Å². The number of unbranched alkanes of at least 4 members (excludes halogenated alkanes) is 2. The van der Waals surface area contributed by atoms with Crippen molar-refractivity contribution >= 4 is 17.8 Å². The van der Waals surface area contributed by atoms with Crippen molar-refractivity contribution < 1.29 is 24.6 Å². The van der Waals surface area contributed by atoms with E-state index < -0.39 is 11.9 Å². The van der Waals surface area contributed by atoms with Crippen LogP contribution in [0.25, 0.3) is 0 Å². The molecule has 0 spiro atoms. The second-order valence-corrected chi connectivity index (χ2v) is 7.71. The third-order valence-corrected chi connectivity index (χ3v) is 4.75. The van der Waals surface area contributed by atoms with Crippen molar-refractivity contribution in [2.45, 2.75) is 46.0 Å². The molecule has 168 valence electrons. The Kier molecular flexibility index (Phi) is 12.4. The highest BCUT2D eigenvalue weighted by Gasteiger charge is 2.15.